The SMILES string of the molecule is CC(C)C[C@H](CO)Nc1nc(NS(C)(=O)=O)nc(SCc2ccccc2)n1. The van der Waals surface area contributed by atoms with E-state index < -0.39 is 10.0 Å². The molecule has 3 N–H and O–H groups in total. The normalized spacial score (nSPS) is 12.8. The van der Waals surface area contributed by atoms with Crippen LogP contribution in [0.4, 0.5) is 11.9 Å². The molecule has 0 aliphatic heterocycles. The fraction of sp³-hybridized carbons (Fsp3) is 0.471. The van der Waals surface area contributed by atoms with Gasteiger partial charge in [0.2, 0.25) is 21.9 Å². The summed E-state index contributed by atoms with van der Waals surface area (Å²) in [5.41, 5.74) is 1.10. The highest BCUT2D eigenvalue weighted by molar-refractivity contribution is 7.98. The molecular weight excluding hydrogens is 386 g/mol. The molecule has 0 unspecified atom stereocenters. The van der Waals surface area contributed by atoms with Crippen LogP contribution in [0, 0.1) is 5.92 Å². The second-order valence-electron chi connectivity index (χ2n) is 6.57. The van der Waals surface area contributed by atoms with Crippen LogP contribution in [0.2, 0.25) is 0 Å². The van der Waals surface area contributed by atoms with Gasteiger partial charge in [-0.25, -0.2) is 8.42 Å². The predicted octanol–water partition coefficient (Wildman–Crippen LogP) is 2.35. The van der Waals surface area contributed by atoms with Gasteiger partial charge in [0.25, 0.3) is 0 Å². The van der Waals surface area contributed by atoms with E-state index >= 15 is 0 Å². The lowest BCUT2D eigenvalue weighted by Gasteiger charge is -2.18. The zero-order valence-electron chi connectivity index (χ0n) is 15.6. The molecule has 10 heteroatoms. The van der Waals surface area contributed by atoms with Crippen molar-refractivity contribution in [1.29, 1.82) is 0 Å². The molecule has 2 aromatic rings. The van der Waals surface area contributed by atoms with Crippen LogP contribution in [0.15, 0.2) is 35.5 Å². The number of hydrogen-bond acceptors (Lipinski definition) is 8. The molecule has 0 saturated heterocycles. The van der Waals surface area contributed by atoms with E-state index in [4.69, 9.17) is 0 Å². The minimum absolute atomic E-state index is 0.0493. The topological polar surface area (TPSA) is 117 Å². The monoisotopic (exact) mass is 411 g/mol. The van der Waals surface area contributed by atoms with Crippen LogP contribution >= 0.6 is 11.8 Å². The molecule has 0 aliphatic carbocycles. The largest absolute Gasteiger partial charge is 0.394 e. The van der Waals surface area contributed by atoms with E-state index in [1.165, 1.54) is 11.8 Å². The van der Waals surface area contributed by atoms with Crippen molar-refractivity contribution in [2.75, 3.05) is 22.9 Å². The number of benzene rings is 1. The molecule has 148 valence electrons. The molecule has 1 aromatic carbocycles. The highest BCUT2D eigenvalue weighted by Crippen LogP contribution is 2.22. The molecule has 0 bridgehead atoms. The number of thioether (sulfide) groups is 1. The highest BCUT2D eigenvalue weighted by Gasteiger charge is 2.15. The van der Waals surface area contributed by atoms with Gasteiger partial charge < -0.3 is 10.4 Å². The highest BCUT2D eigenvalue weighted by atomic mass is 32.2. The van der Waals surface area contributed by atoms with Crippen molar-refractivity contribution in [3.05, 3.63) is 35.9 Å². The van der Waals surface area contributed by atoms with Crippen LogP contribution < -0.4 is 10.0 Å². The van der Waals surface area contributed by atoms with Crippen molar-refractivity contribution in [3.8, 4) is 0 Å². The van der Waals surface area contributed by atoms with Crippen LogP contribution in [0.25, 0.3) is 0 Å². The Labute approximate surface area is 164 Å². The lowest BCUT2D eigenvalue weighted by Crippen LogP contribution is -2.27. The van der Waals surface area contributed by atoms with Gasteiger partial charge in [-0.1, -0.05) is 55.9 Å². The van der Waals surface area contributed by atoms with Crippen LogP contribution in [0.3, 0.4) is 0 Å². The van der Waals surface area contributed by atoms with Gasteiger partial charge in [0, 0.05) is 5.75 Å². The molecule has 0 saturated carbocycles. The predicted molar refractivity (Wildman–Crippen MR) is 108 cm³/mol. The maximum Gasteiger partial charge on any atom is 0.242 e. The first-order chi connectivity index (χ1) is 12.7. The molecule has 2 rings (SSSR count). The molecule has 0 radical (unpaired) electrons. The molecule has 0 spiro atoms. The average Bonchev–Trinajstić information content (AvgIpc) is 2.58. The summed E-state index contributed by atoms with van der Waals surface area (Å²) in [6.45, 7) is 4.02. The van der Waals surface area contributed by atoms with Gasteiger partial charge in [-0.15, -0.1) is 0 Å². The number of anilines is 2. The Bertz CT molecular complexity index is 832. The number of rotatable bonds is 10. The zero-order valence-corrected chi connectivity index (χ0v) is 17.2. The summed E-state index contributed by atoms with van der Waals surface area (Å²) in [5.74, 6) is 1.19. The molecule has 1 heterocycles. The smallest absolute Gasteiger partial charge is 0.242 e. The van der Waals surface area contributed by atoms with Gasteiger partial charge in [-0.2, -0.15) is 15.0 Å². The van der Waals surface area contributed by atoms with Crippen molar-refractivity contribution < 1.29 is 13.5 Å². The maximum absolute atomic E-state index is 11.5. The summed E-state index contributed by atoms with van der Waals surface area (Å²) in [7, 11) is -3.52. The average molecular weight is 412 g/mol. The lowest BCUT2D eigenvalue weighted by molar-refractivity contribution is 0.259. The Morgan fingerprint density at radius 3 is 2.37 bits per heavy atom. The third-order valence-electron chi connectivity index (χ3n) is 3.41. The van der Waals surface area contributed by atoms with Gasteiger partial charge in [-0.05, 0) is 17.9 Å². The molecule has 0 aliphatic rings. The van der Waals surface area contributed by atoms with Crippen LogP contribution in [-0.2, 0) is 15.8 Å². The maximum atomic E-state index is 11.5. The first kappa shape index (κ1) is 21.4. The van der Waals surface area contributed by atoms with E-state index in [1.807, 2.05) is 30.3 Å². The molecule has 8 nitrogen and oxygen atoms in total. The summed E-state index contributed by atoms with van der Waals surface area (Å²) in [4.78, 5) is 12.7. The minimum atomic E-state index is -3.52. The van der Waals surface area contributed by atoms with E-state index in [0.29, 0.717) is 16.8 Å². The van der Waals surface area contributed by atoms with E-state index in [1.54, 1.807) is 0 Å². The van der Waals surface area contributed by atoms with Crippen molar-refractivity contribution in [3.63, 3.8) is 0 Å². The van der Waals surface area contributed by atoms with Crippen LogP contribution in [0.5, 0.6) is 0 Å². The van der Waals surface area contributed by atoms with Gasteiger partial charge in [0.1, 0.15) is 0 Å². The van der Waals surface area contributed by atoms with E-state index in [0.717, 1.165) is 18.2 Å². The molecular formula is C17H25N5O3S2. The summed E-state index contributed by atoms with van der Waals surface area (Å²) in [6.07, 6.45) is 1.76. The number of sulfonamides is 1. The number of aliphatic hydroxyl groups excluding tert-OH is 1. The van der Waals surface area contributed by atoms with E-state index in [-0.39, 0.29) is 24.5 Å². The molecule has 1 atom stereocenters. The molecule has 27 heavy (non-hydrogen) atoms. The Balaban J connectivity index is 2.22. The van der Waals surface area contributed by atoms with Gasteiger partial charge >= 0.3 is 0 Å². The molecule has 0 fully saturated rings. The van der Waals surface area contributed by atoms with Crippen LogP contribution in [0.1, 0.15) is 25.8 Å². The number of aliphatic hydroxyl groups is 1. The standard InChI is InChI=1S/C17H25N5O3S2/c1-12(2)9-14(10-23)18-15-19-16(22-27(3,24)25)21-17(20-15)26-11-13-7-5-4-6-8-13/h4-8,12,14,23H,9-11H2,1-3H3,(H2,18,19,20,21,22)/t14-/m1/s1. The Morgan fingerprint density at radius 2 is 1.78 bits per heavy atom. The molecule has 1 aromatic heterocycles. The van der Waals surface area contributed by atoms with E-state index in [2.05, 4.69) is 38.8 Å². The summed E-state index contributed by atoms with van der Waals surface area (Å²) >= 11 is 1.38. The molecule has 0 amide bonds. The Kier molecular flexibility index (Phi) is 7.81. The van der Waals surface area contributed by atoms with E-state index in [9.17, 15) is 13.5 Å². The minimum Gasteiger partial charge on any atom is -0.394 e. The first-order valence-corrected chi connectivity index (χ1v) is 11.4. The first-order valence-electron chi connectivity index (χ1n) is 8.53. The van der Waals surface area contributed by atoms with Crippen molar-refractivity contribution in [1.82, 2.24) is 15.0 Å². The fourth-order valence-electron chi connectivity index (χ4n) is 2.35. The number of aromatic nitrogens is 3. The number of nitrogens with one attached hydrogen (secondary N) is 2. The fourth-order valence-corrected chi connectivity index (χ4v) is 3.56. The van der Waals surface area contributed by atoms with Crippen LogP contribution in [-0.4, -0.2) is 47.4 Å². The van der Waals surface area contributed by atoms with Gasteiger partial charge in [-0.3, -0.25) is 4.72 Å². The Hall–Kier alpha value is -1.91. The summed E-state index contributed by atoms with van der Waals surface area (Å²) in [6, 6.07) is 9.60. The van der Waals surface area contributed by atoms with Crippen molar-refractivity contribution in [2.24, 2.45) is 5.92 Å². The van der Waals surface area contributed by atoms with Crippen molar-refractivity contribution in [2.45, 2.75) is 37.2 Å². The number of nitrogens with zero attached hydrogens (tertiary/aromatic N) is 3. The second kappa shape index (κ2) is 9.86. The van der Waals surface area contributed by atoms with Gasteiger partial charge in [0.05, 0.1) is 18.9 Å². The zero-order chi connectivity index (χ0) is 19.9. The third-order valence-corrected chi connectivity index (χ3v) is 4.88. The summed E-state index contributed by atoms with van der Waals surface area (Å²) in [5, 5.41) is 13.0. The second-order valence-corrected chi connectivity index (χ2v) is 9.26. The number of hydrogen-bond donors (Lipinski definition) is 3. The quantitative estimate of drug-likeness (QED) is 0.510. The third kappa shape index (κ3) is 8.10. The van der Waals surface area contributed by atoms with Crippen molar-refractivity contribution >= 4 is 33.7 Å². The Morgan fingerprint density at radius 1 is 1.11 bits per heavy atom. The van der Waals surface area contributed by atoms with Gasteiger partial charge in [0.15, 0.2) is 5.16 Å². The lowest BCUT2D eigenvalue weighted by atomic mass is 10.0. The summed E-state index contributed by atoms with van der Waals surface area (Å²) < 4.78 is 25.4.